The minimum absolute atomic E-state index is 0.0921. The second-order valence-corrected chi connectivity index (χ2v) is 4.33. The number of carbonyl (C=O) groups excluding carboxylic acids is 1. The molecule has 2 rings (SSSR count). The van der Waals surface area contributed by atoms with Crippen LogP contribution >= 0.6 is 0 Å². The van der Waals surface area contributed by atoms with Crippen LogP contribution in [0.15, 0.2) is 24.3 Å². The highest BCUT2D eigenvalue weighted by molar-refractivity contribution is 5.82. The molecule has 1 aliphatic rings. The second kappa shape index (κ2) is 5.23. The number of nitro benzene ring substituents is 1. The average Bonchev–Trinajstić information content (AvgIpc) is 2.79. The molecule has 0 spiro atoms. The summed E-state index contributed by atoms with van der Waals surface area (Å²) in [5.41, 5.74) is 0.227. The third-order valence-corrected chi connectivity index (χ3v) is 3.14. The molecule has 102 valence electrons. The van der Waals surface area contributed by atoms with Crippen LogP contribution in [0, 0.1) is 10.1 Å². The van der Waals surface area contributed by atoms with Crippen molar-refractivity contribution in [3.8, 4) is 0 Å². The summed E-state index contributed by atoms with van der Waals surface area (Å²) in [7, 11) is 1.25. The van der Waals surface area contributed by atoms with Crippen LogP contribution in [0.1, 0.15) is 6.42 Å². The van der Waals surface area contributed by atoms with Gasteiger partial charge in [-0.05, 0) is 6.07 Å². The topological polar surface area (TPSA) is 92.9 Å². The van der Waals surface area contributed by atoms with Crippen LogP contribution in [-0.4, -0.2) is 41.8 Å². The predicted molar refractivity (Wildman–Crippen MR) is 66.9 cm³/mol. The van der Waals surface area contributed by atoms with Gasteiger partial charge in [0.1, 0.15) is 11.7 Å². The van der Waals surface area contributed by atoms with E-state index in [0.29, 0.717) is 5.69 Å². The van der Waals surface area contributed by atoms with Crippen LogP contribution < -0.4 is 4.90 Å². The molecule has 2 atom stereocenters. The number of aliphatic hydroxyl groups excluding tert-OH is 1. The van der Waals surface area contributed by atoms with Gasteiger partial charge in [-0.1, -0.05) is 12.1 Å². The Morgan fingerprint density at radius 1 is 1.53 bits per heavy atom. The van der Waals surface area contributed by atoms with Crippen molar-refractivity contribution < 1.29 is 19.6 Å². The fourth-order valence-corrected chi connectivity index (χ4v) is 2.30. The summed E-state index contributed by atoms with van der Waals surface area (Å²) >= 11 is 0. The Morgan fingerprint density at radius 3 is 2.84 bits per heavy atom. The summed E-state index contributed by atoms with van der Waals surface area (Å²) in [4.78, 5) is 23.7. The Labute approximate surface area is 109 Å². The zero-order valence-corrected chi connectivity index (χ0v) is 10.4. The number of anilines is 1. The van der Waals surface area contributed by atoms with Gasteiger partial charge in [0.05, 0.1) is 18.1 Å². The maximum Gasteiger partial charge on any atom is 0.328 e. The number of methoxy groups -OCH3 is 1. The Bertz CT molecular complexity index is 505. The highest BCUT2D eigenvalue weighted by Crippen LogP contribution is 2.33. The van der Waals surface area contributed by atoms with Gasteiger partial charge in [0.15, 0.2) is 0 Å². The average molecular weight is 266 g/mol. The van der Waals surface area contributed by atoms with Gasteiger partial charge in [-0.25, -0.2) is 4.79 Å². The molecular weight excluding hydrogens is 252 g/mol. The Morgan fingerprint density at radius 2 is 2.21 bits per heavy atom. The molecule has 7 heteroatoms. The minimum atomic E-state index is -0.705. The molecule has 0 radical (unpaired) electrons. The van der Waals surface area contributed by atoms with Crippen molar-refractivity contribution in [3.05, 3.63) is 34.4 Å². The van der Waals surface area contributed by atoms with E-state index < -0.39 is 23.0 Å². The van der Waals surface area contributed by atoms with Gasteiger partial charge in [-0.15, -0.1) is 0 Å². The van der Waals surface area contributed by atoms with Crippen LogP contribution in [0.3, 0.4) is 0 Å². The van der Waals surface area contributed by atoms with E-state index in [1.54, 1.807) is 18.2 Å². The maximum atomic E-state index is 11.7. The van der Waals surface area contributed by atoms with Gasteiger partial charge in [0, 0.05) is 19.0 Å². The summed E-state index contributed by atoms with van der Waals surface area (Å²) < 4.78 is 4.67. The number of hydrogen-bond acceptors (Lipinski definition) is 6. The Hall–Kier alpha value is -2.15. The van der Waals surface area contributed by atoms with Crippen LogP contribution in [0.5, 0.6) is 0 Å². The molecule has 0 aliphatic carbocycles. The lowest BCUT2D eigenvalue weighted by atomic mass is 10.2. The number of carbonyl (C=O) groups is 1. The van der Waals surface area contributed by atoms with Crippen molar-refractivity contribution in [2.45, 2.75) is 18.6 Å². The summed E-state index contributed by atoms with van der Waals surface area (Å²) in [6.45, 7) is 0.171. The van der Waals surface area contributed by atoms with E-state index in [2.05, 4.69) is 4.74 Å². The van der Waals surface area contributed by atoms with Gasteiger partial charge >= 0.3 is 5.97 Å². The van der Waals surface area contributed by atoms with Crippen molar-refractivity contribution in [2.24, 2.45) is 0 Å². The number of nitro groups is 1. The normalized spacial score (nSPS) is 22.3. The highest BCUT2D eigenvalue weighted by atomic mass is 16.6. The fraction of sp³-hybridized carbons (Fsp3) is 0.417. The van der Waals surface area contributed by atoms with E-state index in [1.807, 2.05) is 0 Å². The third kappa shape index (κ3) is 2.50. The first-order valence-electron chi connectivity index (χ1n) is 5.80. The number of ether oxygens (including phenoxy) is 1. The van der Waals surface area contributed by atoms with E-state index >= 15 is 0 Å². The maximum absolute atomic E-state index is 11.7. The van der Waals surface area contributed by atoms with Gasteiger partial charge in [0.2, 0.25) is 0 Å². The minimum Gasteiger partial charge on any atom is -0.467 e. The van der Waals surface area contributed by atoms with Crippen molar-refractivity contribution >= 4 is 17.3 Å². The zero-order chi connectivity index (χ0) is 14.0. The summed E-state index contributed by atoms with van der Waals surface area (Å²) in [6.07, 6.45) is -0.498. The Kier molecular flexibility index (Phi) is 3.66. The lowest BCUT2D eigenvalue weighted by Crippen LogP contribution is -2.37. The molecule has 1 saturated heterocycles. The number of hydrogen-bond donors (Lipinski definition) is 1. The van der Waals surface area contributed by atoms with Gasteiger partial charge in [0.25, 0.3) is 5.69 Å². The quantitative estimate of drug-likeness (QED) is 0.492. The smallest absolute Gasteiger partial charge is 0.328 e. The van der Waals surface area contributed by atoms with Crippen LogP contribution in [-0.2, 0) is 9.53 Å². The van der Waals surface area contributed by atoms with Crippen LogP contribution in [0.4, 0.5) is 11.4 Å². The molecule has 7 nitrogen and oxygen atoms in total. The molecule has 1 fully saturated rings. The molecule has 0 aromatic heterocycles. The lowest BCUT2D eigenvalue weighted by molar-refractivity contribution is -0.384. The van der Waals surface area contributed by atoms with Crippen molar-refractivity contribution in [2.75, 3.05) is 18.6 Å². The fourth-order valence-electron chi connectivity index (χ4n) is 2.30. The lowest BCUT2D eigenvalue weighted by Gasteiger charge is -2.23. The standard InChI is InChI=1S/C12H14N2O5/c1-19-12(16)11-6-8(15)7-13(11)9-4-2-3-5-10(9)14(17)18/h2-5,8,11,15H,6-7H2,1H3/t8-,11+/m1/s1. The molecule has 1 aromatic carbocycles. The number of esters is 1. The van der Waals surface area contributed by atoms with E-state index in [1.165, 1.54) is 18.1 Å². The number of nitrogens with zero attached hydrogens (tertiary/aromatic N) is 2. The largest absolute Gasteiger partial charge is 0.467 e. The van der Waals surface area contributed by atoms with Crippen LogP contribution in [0.25, 0.3) is 0 Å². The van der Waals surface area contributed by atoms with Crippen molar-refractivity contribution in [1.82, 2.24) is 0 Å². The molecule has 0 unspecified atom stereocenters. The van der Waals surface area contributed by atoms with Gasteiger partial charge < -0.3 is 14.7 Å². The summed E-state index contributed by atoms with van der Waals surface area (Å²) in [5.74, 6) is -0.505. The van der Waals surface area contributed by atoms with Gasteiger partial charge in [-0.3, -0.25) is 10.1 Å². The number of rotatable bonds is 3. The number of aliphatic hydroxyl groups is 1. The predicted octanol–water partition coefficient (Wildman–Crippen LogP) is 0.707. The molecule has 1 heterocycles. The van der Waals surface area contributed by atoms with E-state index in [4.69, 9.17) is 0 Å². The van der Waals surface area contributed by atoms with Crippen LogP contribution in [0.2, 0.25) is 0 Å². The zero-order valence-electron chi connectivity index (χ0n) is 10.4. The molecular formula is C12H14N2O5. The Balaban J connectivity index is 2.39. The first kappa shape index (κ1) is 13.3. The monoisotopic (exact) mass is 266 g/mol. The van der Waals surface area contributed by atoms with Gasteiger partial charge in [-0.2, -0.15) is 0 Å². The van der Waals surface area contributed by atoms with Crippen molar-refractivity contribution in [1.29, 1.82) is 0 Å². The number of β-amino-alcohol motifs (C(OH)–C–C–N with tert-alkyl or cyclic N) is 1. The molecule has 1 N–H and O–H groups in total. The van der Waals surface area contributed by atoms with E-state index in [-0.39, 0.29) is 18.7 Å². The second-order valence-electron chi connectivity index (χ2n) is 4.33. The molecule has 0 amide bonds. The SMILES string of the molecule is COC(=O)[C@@H]1C[C@@H](O)CN1c1ccccc1[N+](=O)[O-]. The molecule has 0 saturated carbocycles. The third-order valence-electron chi connectivity index (χ3n) is 3.14. The molecule has 0 bridgehead atoms. The number of para-hydroxylation sites is 2. The van der Waals surface area contributed by atoms with Crippen molar-refractivity contribution in [3.63, 3.8) is 0 Å². The summed E-state index contributed by atoms with van der Waals surface area (Å²) in [5, 5.41) is 20.7. The van der Waals surface area contributed by atoms with E-state index in [9.17, 15) is 20.0 Å². The molecule has 1 aromatic rings. The number of benzene rings is 1. The summed E-state index contributed by atoms with van der Waals surface area (Å²) in [6, 6.07) is 5.45. The first-order valence-corrected chi connectivity index (χ1v) is 5.80. The first-order chi connectivity index (χ1) is 9.04. The molecule has 1 aliphatic heterocycles. The highest BCUT2D eigenvalue weighted by Gasteiger charge is 2.39. The van der Waals surface area contributed by atoms with E-state index in [0.717, 1.165) is 0 Å². The molecule has 19 heavy (non-hydrogen) atoms.